The molecule has 0 saturated carbocycles. The first kappa shape index (κ1) is 16.3. The molecule has 0 aliphatic heterocycles. The molecule has 0 aromatic heterocycles. The van der Waals surface area contributed by atoms with Crippen molar-refractivity contribution in [2.45, 2.75) is 52.2 Å². The van der Waals surface area contributed by atoms with Crippen LogP contribution in [0.4, 0.5) is 0 Å². The van der Waals surface area contributed by atoms with Gasteiger partial charge in [-0.15, -0.1) is 12.4 Å². The largest absolute Gasteiger partial charge is 0.488 e. The number of nitrogens with two attached hydrogens (primary N) is 1. The molecule has 0 aliphatic carbocycles. The minimum Gasteiger partial charge on any atom is -0.488 e. The summed E-state index contributed by atoms with van der Waals surface area (Å²) in [6, 6.07) is 8.25. The van der Waals surface area contributed by atoms with Gasteiger partial charge >= 0.3 is 0 Å². The summed E-state index contributed by atoms with van der Waals surface area (Å²) in [5.74, 6) is 0.903. The van der Waals surface area contributed by atoms with E-state index >= 15 is 0 Å². The Morgan fingerprint density at radius 2 is 1.71 bits per heavy atom. The van der Waals surface area contributed by atoms with Crippen molar-refractivity contribution < 1.29 is 4.74 Å². The fourth-order valence-electron chi connectivity index (χ4n) is 1.61. The summed E-state index contributed by atoms with van der Waals surface area (Å²) in [4.78, 5) is 0. The molecular formula is C14H24ClNO. The van der Waals surface area contributed by atoms with Gasteiger partial charge in [0.15, 0.2) is 0 Å². The number of benzene rings is 1. The normalized spacial score (nSPS) is 12.8. The van der Waals surface area contributed by atoms with Gasteiger partial charge in [0.25, 0.3) is 0 Å². The highest BCUT2D eigenvalue weighted by atomic mass is 35.5. The predicted octanol–water partition coefficient (Wildman–Crippen LogP) is 4.09. The van der Waals surface area contributed by atoms with Gasteiger partial charge in [0.05, 0.1) is 0 Å². The van der Waals surface area contributed by atoms with Gasteiger partial charge in [0.2, 0.25) is 0 Å². The molecule has 0 amide bonds. The number of ether oxygens (including phenoxy) is 1. The molecule has 1 aromatic rings. The number of rotatable bonds is 4. The fraction of sp³-hybridized carbons (Fsp3) is 0.571. The molecule has 0 aliphatic rings. The first-order chi connectivity index (χ1) is 7.42. The molecule has 1 rings (SSSR count). The summed E-state index contributed by atoms with van der Waals surface area (Å²) in [7, 11) is 0. The van der Waals surface area contributed by atoms with Crippen molar-refractivity contribution in [3.63, 3.8) is 0 Å². The Balaban J connectivity index is 0.00000256. The Morgan fingerprint density at radius 3 is 2.12 bits per heavy atom. The minimum absolute atomic E-state index is 0. The molecule has 0 heterocycles. The second-order valence-corrected chi connectivity index (χ2v) is 5.18. The van der Waals surface area contributed by atoms with Gasteiger partial charge in [-0.1, -0.05) is 25.5 Å². The van der Waals surface area contributed by atoms with Crippen LogP contribution in [0.5, 0.6) is 5.75 Å². The lowest BCUT2D eigenvalue weighted by molar-refractivity contribution is 0.131. The van der Waals surface area contributed by atoms with Crippen molar-refractivity contribution in [3.8, 4) is 5.75 Å². The van der Waals surface area contributed by atoms with Crippen LogP contribution in [-0.2, 0) is 0 Å². The molecule has 2 N–H and O–H groups in total. The molecule has 0 spiro atoms. The average Bonchev–Trinajstić information content (AvgIpc) is 2.16. The van der Waals surface area contributed by atoms with Gasteiger partial charge in [0.1, 0.15) is 11.4 Å². The summed E-state index contributed by atoms with van der Waals surface area (Å²) in [5, 5.41) is 0. The van der Waals surface area contributed by atoms with E-state index < -0.39 is 0 Å². The van der Waals surface area contributed by atoms with Gasteiger partial charge < -0.3 is 10.5 Å². The molecule has 3 heteroatoms. The monoisotopic (exact) mass is 257 g/mol. The topological polar surface area (TPSA) is 35.2 Å². The van der Waals surface area contributed by atoms with Crippen LogP contribution in [0.25, 0.3) is 0 Å². The quantitative estimate of drug-likeness (QED) is 0.882. The molecule has 0 fully saturated rings. The van der Waals surface area contributed by atoms with Crippen LogP contribution in [-0.4, -0.2) is 5.60 Å². The van der Waals surface area contributed by atoms with Crippen LogP contribution in [0.15, 0.2) is 24.3 Å². The summed E-state index contributed by atoms with van der Waals surface area (Å²) < 4.78 is 5.76. The first-order valence-corrected chi connectivity index (χ1v) is 5.97. The van der Waals surface area contributed by atoms with Crippen molar-refractivity contribution in [2.75, 3.05) is 0 Å². The fourth-order valence-corrected chi connectivity index (χ4v) is 1.61. The van der Waals surface area contributed by atoms with Gasteiger partial charge in [-0.05, 0) is 44.9 Å². The highest BCUT2D eigenvalue weighted by Crippen LogP contribution is 2.22. The highest BCUT2D eigenvalue weighted by molar-refractivity contribution is 5.85. The minimum atomic E-state index is -0.146. The Bertz CT molecular complexity index is 316. The van der Waals surface area contributed by atoms with Crippen molar-refractivity contribution >= 4 is 12.4 Å². The lowest BCUT2D eigenvalue weighted by Crippen LogP contribution is -2.22. The zero-order chi connectivity index (χ0) is 12.2. The molecule has 0 saturated heterocycles. The number of halogens is 1. The molecule has 2 nitrogen and oxygen atoms in total. The second kappa shape index (κ2) is 6.87. The standard InChI is InChI=1S/C14H23NO.ClH/c1-5-6-13(15)11-7-9-12(10-8-11)16-14(2,3)4;/h7-10,13H,5-6,15H2,1-4H3;1H/t13-;/m1./s1. The maximum atomic E-state index is 6.04. The van der Waals surface area contributed by atoms with Crippen LogP contribution in [0.2, 0.25) is 0 Å². The van der Waals surface area contributed by atoms with Crippen LogP contribution in [0.3, 0.4) is 0 Å². The van der Waals surface area contributed by atoms with E-state index in [0.29, 0.717) is 0 Å². The van der Waals surface area contributed by atoms with E-state index in [1.807, 2.05) is 32.9 Å². The Hall–Kier alpha value is -0.730. The molecule has 0 radical (unpaired) electrons. The third-order valence-electron chi connectivity index (χ3n) is 2.33. The van der Waals surface area contributed by atoms with Crippen molar-refractivity contribution in [3.05, 3.63) is 29.8 Å². The SMILES string of the molecule is CCC[C@@H](N)c1ccc(OC(C)(C)C)cc1.Cl. The van der Waals surface area contributed by atoms with Crippen molar-refractivity contribution in [2.24, 2.45) is 5.73 Å². The van der Waals surface area contributed by atoms with Gasteiger partial charge in [0, 0.05) is 6.04 Å². The van der Waals surface area contributed by atoms with E-state index in [4.69, 9.17) is 10.5 Å². The van der Waals surface area contributed by atoms with E-state index in [1.54, 1.807) is 0 Å². The highest BCUT2D eigenvalue weighted by Gasteiger charge is 2.12. The predicted molar refractivity (Wildman–Crippen MR) is 75.9 cm³/mol. The Labute approximate surface area is 111 Å². The van der Waals surface area contributed by atoms with E-state index in [9.17, 15) is 0 Å². The summed E-state index contributed by atoms with van der Waals surface area (Å²) in [6.45, 7) is 8.29. The zero-order valence-corrected chi connectivity index (χ0v) is 12.0. The molecule has 1 aromatic carbocycles. The molecule has 98 valence electrons. The van der Waals surface area contributed by atoms with E-state index in [0.717, 1.165) is 18.6 Å². The lowest BCUT2D eigenvalue weighted by atomic mass is 10.0. The van der Waals surface area contributed by atoms with Crippen LogP contribution >= 0.6 is 12.4 Å². The van der Waals surface area contributed by atoms with Gasteiger partial charge in [-0.3, -0.25) is 0 Å². The summed E-state index contributed by atoms with van der Waals surface area (Å²) >= 11 is 0. The Morgan fingerprint density at radius 1 is 1.18 bits per heavy atom. The molecule has 17 heavy (non-hydrogen) atoms. The first-order valence-electron chi connectivity index (χ1n) is 5.97. The van der Waals surface area contributed by atoms with Gasteiger partial charge in [-0.25, -0.2) is 0 Å². The number of hydrogen-bond donors (Lipinski definition) is 1. The van der Waals surface area contributed by atoms with E-state index in [-0.39, 0.29) is 24.0 Å². The summed E-state index contributed by atoms with van der Waals surface area (Å²) in [6.07, 6.45) is 2.14. The maximum absolute atomic E-state index is 6.04. The molecule has 1 atom stereocenters. The van der Waals surface area contributed by atoms with E-state index in [1.165, 1.54) is 5.56 Å². The Kier molecular flexibility index (Phi) is 6.58. The third kappa shape index (κ3) is 5.94. The second-order valence-electron chi connectivity index (χ2n) is 5.18. The zero-order valence-electron chi connectivity index (χ0n) is 11.2. The van der Waals surface area contributed by atoms with Crippen LogP contribution in [0, 0.1) is 0 Å². The average molecular weight is 258 g/mol. The maximum Gasteiger partial charge on any atom is 0.120 e. The lowest BCUT2D eigenvalue weighted by Gasteiger charge is -2.21. The van der Waals surface area contributed by atoms with Crippen molar-refractivity contribution in [1.82, 2.24) is 0 Å². The molecular weight excluding hydrogens is 234 g/mol. The van der Waals surface area contributed by atoms with Crippen LogP contribution < -0.4 is 10.5 Å². The molecule has 0 bridgehead atoms. The molecule has 0 unspecified atom stereocenters. The van der Waals surface area contributed by atoms with Gasteiger partial charge in [-0.2, -0.15) is 0 Å². The number of hydrogen-bond acceptors (Lipinski definition) is 2. The smallest absolute Gasteiger partial charge is 0.120 e. The third-order valence-corrected chi connectivity index (χ3v) is 2.33. The van der Waals surface area contributed by atoms with Crippen LogP contribution in [0.1, 0.15) is 52.1 Å². The van der Waals surface area contributed by atoms with E-state index in [2.05, 4.69) is 19.1 Å². The summed E-state index contributed by atoms with van der Waals surface area (Å²) in [5.41, 5.74) is 7.08. The van der Waals surface area contributed by atoms with Crippen molar-refractivity contribution in [1.29, 1.82) is 0 Å².